The van der Waals surface area contributed by atoms with Crippen molar-refractivity contribution in [2.75, 3.05) is 19.6 Å². The number of benzene rings is 1. The normalized spacial score (nSPS) is 26.6. The van der Waals surface area contributed by atoms with Crippen LogP contribution in [0.2, 0.25) is 0 Å². The fourth-order valence-electron chi connectivity index (χ4n) is 4.26. The minimum absolute atomic E-state index is 0.154. The highest BCUT2D eigenvalue weighted by molar-refractivity contribution is 5.27. The maximum atomic E-state index is 12.9. The van der Waals surface area contributed by atoms with Gasteiger partial charge < -0.3 is 14.9 Å². The van der Waals surface area contributed by atoms with E-state index in [0.29, 0.717) is 24.1 Å². The SMILES string of the molecule is Oc1ccc(C(O)CN2C[C@H]3C[C@@H](Oc4ccc(F)nc4)C[C@H]3C2)cc1. The summed E-state index contributed by atoms with van der Waals surface area (Å²) in [6, 6.07) is 9.66. The van der Waals surface area contributed by atoms with Gasteiger partial charge >= 0.3 is 0 Å². The maximum absolute atomic E-state index is 12.9. The number of aliphatic hydroxyl groups is 1. The van der Waals surface area contributed by atoms with Crippen molar-refractivity contribution in [3.05, 3.63) is 54.1 Å². The fourth-order valence-corrected chi connectivity index (χ4v) is 4.26. The van der Waals surface area contributed by atoms with Crippen molar-refractivity contribution in [2.45, 2.75) is 25.0 Å². The van der Waals surface area contributed by atoms with Crippen LogP contribution in [0.1, 0.15) is 24.5 Å². The molecule has 2 heterocycles. The van der Waals surface area contributed by atoms with Gasteiger partial charge in [0.15, 0.2) is 0 Å². The molecule has 1 saturated carbocycles. The number of hydrogen-bond donors (Lipinski definition) is 2. The average Bonchev–Trinajstić information content (AvgIpc) is 3.15. The first-order valence-corrected chi connectivity index (χ1v) is 9.04. The molecule has 2 aromatic rings. The van der Waals surface area contributed by atoms with Crippen molar-refractivity contribution in [1.29, 1.82) is 0 Å². The molecule has 1 aromatic carbocycles. The Morgan fingerprint density at radius 3 is 2.42 bits per heavy atom. The Morgan fingerprint density at radius 1 is 1.12 bits per heavy atom. The summed E-state index contributed by atoms with van der Waals surface area (Å²) in [4.78, 5) is 5.94. The third-order valence-electron chi connectivity index (χ3n) is 5.50. The van der Waals surface area contributed by atoms with Gasteiger partial charge in [-0.05, 0) is 54.5 Å². The molecule has 4 rings (SSSR count). The number of likely N-dealkylation sites (tertiary alicyclic amines) is 1. The number of fused-ring (bicyclic) bond motifs is 1. The monoisotopic (exact) mass is 358 g/mol. The second kappa shape index (κ2) is 7.21. The van der Waals surface area contributed by atoms with Gasteiger partial charge in [-0.3, -0.25) is 4.90 Å². The number of rotatable bonds is 5. The second-order valence-corrected chi connectivity index (χ2v) is 7.37. The lowest BCUT2D eigenvalue weighted by atomic mass is 10.0. The zero-order valence-electron chi connectivity index (χ0n) is 14.5. The van der Waals surface area contributed by atoms with E-state index in [4.69, 9.17) is 4.74 Å². The van der Waals surface area contributed by atoms with Crippen molar-refractivity contribution < 1.29 is 19.3 Å². The van der Waals surface area contributed by atoms with Gasteiger partial charge in [0.05, 0.1) is 18.4 Å². The molecule has 1 saturated heterocycles. The number of aromatic nitrogens is 1. The highest BCUT2D eigenvalue weighted by Gasteiger charge is 2.42. The second-order valence-electron chi connectivity index (χ2n) is 7.37. The Labute approximate surface area is 152 Å². The number of hydrogen-bond acceptors (Lipinski definition) is 5. The van der Waals surface area contributed by atoms with Gasteiger partial charge in [-0.25, -0.2) is 4.98 Å². The van der Waals surface area contributed by atoms with Gasteiger partial charge in [-0.2, -0.15) is 4.39 Å². The van der Waals surface area contributed by atoms with E-state index in [-0.39, 0.29) is 11.9 Å². The third-order valence-corrected chi connectivity index (χ3v) is 5.50. The lowest BCUT2D eigenvalue weighted by Crippen LogP contribution is -2.28. The number of ether oxygens (including phenoxy) is 1. The van der Waals surface area contributed by atoms with Crippen molar-refractivity contribution >= 4 is 0 Å². The van der Waals surface area contributed by atoms with Crippen molar-refractivity contribution in [1.82, 2.24) is 9.88 Å². The van der Waals surface area contributed by atoms with E-state index in [1.54, 1.807) is 30.3 Å². The Kier molecular flexibility index (Phi) is 4.78. The number of phenolic OH excluding ortho intramolecular Hbond substituents is 1. The molecule has 0 radical (unpaired) electrons. The van der Waals surface area contributed by atoms with Crippen molar-refractivity contribution in [3.8, 4) is 11.5 Å². The lowest BCUT2D eigenvalue weighted by Gasteiger charge is -2.22. The molecule has 2 fully saturated rings. The van der Waals surface area contributed by atoms with Crippen LogP contribution in [0.15, 0.2) is 42.6 Å². The minimum atomic E-state index is -0.549. The van der Waals surface area contributed by atoms with E-state index in [0.717, 1.165) is 31.5 Å². The van der Waals surface area contributed by atoms with E-state index in [9.17, 15) is 14.6 Å². The van der Waals surface area contributed by atoms with Gasteiger partial charge in [0.1, 0.15) is 11.5 Å². The Bertz CT molecular complexity index is 724. The largest absolute Gasteiger partial charge is 0.508 e. The van der Waals surface area contributed by atoms with Crippen LogP contribution in [0, 0.1) is 17.8 Å². The van der Waals surface area contributed by atoms with Crippen molar-refractivity contribution in [3.63, 3.8) is 0 Å². The molecule has 1 aromatic heterocycles. The van der Waals surface area contributed by atoms with E-state index in [1.165, 1.54) is 12.3 Å². The molecule has 4 atom stereocenters. The zero-order chi connectivity index (χ0) is 18.1. The predicted molar refractivity (Wildman–Crippen MR) is 94.3 cm³/mol. The van der Waals surface area contributed by atoms with Crippen LogP contribution < -0.4 is 4.74 Å². The Balaban J connectivity index is 1.28. The smallest absolute Gasteiger partial charge is 0.213 e. The number of pyridine rings is 1. The van der Waals surface area contributed by atoms with Crippen LogP contribution in [0.4, 0.5) is 4.39 Å². The van der Waals surface area contributed by atoms with E-state index >= 15 is 0 Å². The highest BCUT2D eigenvalue weighted by atomic mass is 19.1. The molecular formula is C20H23FN2O3. The van der Waals surface area contributed by atoms with Gasteiger partial charge in [0.25, 0.3) is 0 Å². The summed E-state index contributed by atoms with van der Waals surface area (Å²) < 4.78 is 18.8. The number of aliphatic hydroxyl groups excluding tert-OH is 1. The molecule has 1 aliphatic heterocycles. The van der Waals surface area contributed by atoms with Gasteiger partial charge in [-0.15, -0.1) is 0 Å². The summed E-state index contributed by atoms with van der Waals surface area (Å²) in [6.07, 6.45) is 3.00. The number of halogens is 1. The average molecular weight is 358 g/mol. The summed E-state index contributed by atoms with van der Waals surface area (Å²) in [5.41, 5.74) is 0.824. The molecule has 1 unspecified atom stereocenters. The van der Waals surface area contributed by atoms with Crippen LogP contribution in [-0.4, -0.2) is 45.8 Å². The van der Waals surface area contributed by atoms with E-state index < -0.39 is 12.1 Å². The zero-order valence-corrected chi connectivity index (χ0v) is 14.5. The first kappa shape index (κ1) is 17.2. The molecular weight excluding hydrogens is 335 g/mol. The third kappa shape index (κ3) is 3.81. The standard InChI is InChI=1S/C20H23FN2O3/c21-20-6-5-17(9-22-20)26-18-7-14-10-23(11-15(14)8-18)12-19(25)13-1-3-16(24)4-2-13/h1-6,9,14-15,18-19,24-25H,7-8,10-12H2/t14-,15+,18-,19?. The maximum Gasteiger partial charge on any atom is 0.213 e. The lowest BCUT2D eigenvalue weighted by molar-refractivity contribution is 0.116. The topological polar surface area (TPSA) is 65.8 Å². The van der Waals surface area contributed by atoms with Crippen LogP contribution in [-0.2, 0) is 0 Å². The van der Waals surface area contributed by atoms with Crippen LogP contribution in [0.3, 0.4) is 0 Å². The van der Waals surface area contributed by atoms with E-state index in [2.05, 4.69) is 9.88 Å². The molecule has 0 amide bonds. The molecule has 1 aliphatic carbocycles. The summed E-state index contributed by atoms with van der Waals surface area (Å²) in [7, 11) is 0. The number of aromatic hydroxyl groups is 1. The molecule has 2 aliphatic rings. The van der Waals surface area contributed by atoms with Gasteiger partial charge in [0.2, 0.25) is 5.95 Å². The van der Waals surface area contributed by atoms with Gasteiger partial charge in [-0.1, -0.05) is 12.1 Å². The number of nitrogens with zero attached hydrogens (tertiary/aromatic N) is 2. The van der Waals surface area contributed by atoms with Crippen LogP contribution in [0.25, 0.3) is 0 Å². The summed E-state index contributed by atoms with van der Waals surface area (Å²) >= 11 is 0. The summed E-state index contributed by atoms with van der Waals surface area (Å²) in [5, 5.41) is 19.8. The van der Waals surface area contributed by atoms with Crippen molar-refractivity contribution in [2.24, 2.45) is 11.8 Å². The van der Waals surface area contributed by atoms with Gasteiger partial charge in [0, 0.05) is 19.6 Å². The molecule has 26 heavy (non-hydrogen) atoms. The first-order chi connectivity index (χ1) is 12.6. The fraction of sp³-hybridized carbons (Fsp3) is 0.450. The number of β-amino-alcohol motifs (C(OH)–C–C–N with tert-alkyl or cyclic N) is 1. The molecule has 0 bridgehead atoms. The highest BCUT2D eigenvalue weighted by Crippen LogP contribution is 2.40. The Morgan fingerprint density at radius 2 is 1.81 bits per heavy atom. The molecule has 5 nitrogen and oxygen atoms in total. The molecule has 6 heteroatoms. The van der Waals surface area contributed by atoms with Crippen LogP contribution >= 0.6 is 0 Å². The van der Waals surface area contributed by atoms with E-state index in [1.807, 2.05) is 0 Å². The molecule has 2 N–H and O–H groups in total. The molecule has 0 spiro atoms. The quantitative estimate of drug-likeness (QED) is 0.805. The minimum Gasteiger partial charge on any atom is -0.508 e. The predicted octanol–water partition coefficient (Wildman–Crippen LogP) is 2.75. The first-order valence-electron chi connectivity index (χ1n) is 9.04. The summed E-state index contributed by atoms with van der Waals surface area (Å²) in [5.74, 6) is 1.47. The van der Waals surface area contributed by atoms with Crippen LogP contribution in [0.5, 0.6) is 11.5 Å². The number of phenols is 1. The molecule has 138 valence electrons. The Hall–Kier alpha value is -2.18. The summed E-state index contributed by atoms with van der Waals surface area (Å²) in [6.45, 7) is 2.52.